The van der Waals surface area contributed by atoms with E-state index in [1.165, 1.54) is 0 Å². The lowest BCUT2D eigenvalue weighted by Gasteiger charge is -2.24. The lowest BCUT2D eigenvalue weighted by Crippen LogP contribution is -2.28. The maximum Gasteiger partial charge on any atom is 0.227 e. The Hall–Kier alpha value is -4.99. The van der Waals surface area contributed by atoms with E-state index < -0.39 is 0 Å². The number of rotatable bonds is 5. The molecule has 1 aliphatic rings. The van der Waals surface area contributed by atoms with Crippen LogP contribution < -0.4 is 5.32 Å². The lowest BCUT2D eigenvalue weighted by molar-refractivity contribution is -0.122. The highest BCUT2D eigenvalue weighted by Crippen LogP contribution is 2.32. The molecule has 10 heteroatoms. The standard InChI is InChI=1S/C27H21N9O/c37-27(15-3-1-4-15)32-18-9-17(12-29-13-18)21-10-19-22(14-31-21)35-36-24(19)26-33-20-6-8-30-23(25(20)34-26)16-5-2-7-28-11-16/h2,5-15H,1,3-4H2,(H,32,37)(H,33,34)(H,35,36). The molecule has 1 amide bonds. The van der Waals surface area contributed by atoms with Gasteiger partial charge in [0.1, 0.15) is 11.2 Å². The summed E-state index contributed by atoms with van der Waals surface area (Å²) in [4.78, 5) is 38.3. The predicted molar refractivity (Wildman–Crippen MR) is 139 cm³/mol. The third kappa shape index (κ3) is 3.79. The first-order valence-corrected chi connectivity index (χ1v) is 12.1. The van der Waals surface area contributed by atoms with Crippen LogP contribution in [0.25, 0.3) is 56.0 Å². The highest BCUT2D eigenvalue weighted by atomic mass is 16.1. The van der Waals surface area contributed by atoms with Crippen LogP contribution in [0, 0.1) is 5.92 Å². The van der Waals surface area contributed by atoms with Gasteiger partial charge < -0.3 is 10.3 Å². The maximum absolute atomic E-state index is 12.4. The van der Waals surface area contributed by atoms with Gasteiger partial charge in [-0.15, -0.1) is 0 Å². The Labute approximate surface area is 210 Å². The molecule has 0 bridgehead atoms. The second-order valence-electron chi connectivity index (χ2n) is 9.15. The van der Waals surface area contributed by atoms with E-state index in [1.807, 2.05) is 30.3 Å². The summed E-state index contributed by atoms with van der Waals surface area (Å²) < 4.78 is 0. The van der Waals surface area contributed by atoms with E-state index in [0.29, 0.717) is 17.2 Å². The second kappa shape index (κ2) is 8.59. The van der Waals surface area contributed by atoms with Crippen LogP contribution in [0.1, 0.15) is 19.3 Å². The van der Waals surface area contributed by atoms with Gasteiger partial charge >= 0.3 is 0 Å². The number of imidazole rings is 1. The van der Waals surface area contributed by atoms with Crippen molar-refractivity contribution < 1.29 is 4.79 Å². The Morgan fingerprint density at radius 2 is 1.84 bits per heavy atom. The van der Waals surface area contributed by atoms with Gasteiger partial charge in [0.05, 0.1) is 40.5 Å². The van der Waals surface area contributed by atoms with Gasteiger partial charge in [-0.05, 0) is 43.2 Å². The first-order valence-electron chi connectivity index (χ1n) is 12.1. The third-order valence-corrected chi connectivity index (χ3v) is 6.78. The number of pyridine rings is 4. The van der Waals surface area contributed by atoms with E-state index in [2.05, 4.69) is 40.4 Å². The van der Waals surface area contributed by atoms with Crippen molar-refractivity contribution in [3.63, 3.8) is 0 Å². The fraction of sp³-hybridized carbons (Fsp3) is 0.148. The molecule has 0 radical (unpaired) electrons. The molecular formula is C27H21N9O. The van der Waals surface area contributed by atoms with Crippen molar-refractivity contribution in [2.45, 2.75) is 19.3 Å². The summed E-state index contributed by atoms with van der Waals surface area (Å²) in [5.74, 6) is 0.774. The van der Waals surface area contributed by atoms with Gasteiger partial charge in [0.15, 0.2) is 5.82 Å². The number of carbonyl (C=O) groups excluding carboxylic acids is 1. The number of amides is 1. The van der Waals surface area contributed by atoms with Gasteiger partial charge in [-0.25, -0.2) is 4.98 Å². The van der Waals surface area contributed by atoms with Crippen molar-refractivity contribution in [1.82, 2.24) is 40.1 Å². The zero-order valence-corrected chi connectivity index (χ0v) is 19.6. The van der Waals surface area contributed by atoms with Crippen molar-refractivity contribution in [1.29, 1.82) is 0 Å². The maximum atomic E-state index is 12.4. The molecule has 10 nitrogen and oxygen atoms in total. The average Bonchev–Trinajstić information content (AvgIpc) is 3.52. The molecule has 7 rings (SSSR count). The fourth-order valence-electron chi connectivity index (χ4n) is 4.58. The summed E-state index contributed by atoms with van der Waals surface area (Å²) >= 11 is 0. The van der Waals surface area contributed by atoms with Gasteiger partial charge in [-0.1, -0.05) is 6.42 Å². The molecule has 6 aromatic heterocycles. The molecule has 1 aliphatic carbocycles. The molecular weight excluding hydrogens is 466 g/mol. The van der Waals surface area contributed by atoms with E-state index in [4.69, 9.17) is 4.98 Å². The van der Waals surface area contributed by atoms with Gasteiger partial charge in [0, 0.05) is 47.2 Å². The summed E-state index contributed by atoms with van der Waals surface area (Å²) in [6.07, 6.45) is 13.4. The monoisotopic (exact) mass is 487 g/mol. The Morgan fingerprint density at radius 1 is 0.919 bits per heavy atom. The molecule has 0 spiro atoms. The minimum absolute atomic E-state index is 0.0516. The third-order valence-electron chi connectivity index (χ3n) is 6.78. The largest absolute Gasteiger partial charge is 0.336 e. The molecule has 0 saturated heterocycles. The highest BCUT2D eigenvalue weighted by Gasteiger charge is 2.25. The lowest BCUT2D eigenvalue weighted by atomic mass is 9.85. The van der Waals surface area contributed by atoms with Crippen LogP contribution in [-0.2, 0) is 4.79 Å². The highest BCUT2D eigenvalue weighted by molar-refractivity contribution is 5.97. The number of aromatic amines is 2. The Kier molecular flexibility index (Phi) is 4.95. The van der Waals surface area contributed by atoms with E-state index in [-0.39, 0.29) is 11.8 Å². The molecule has 0 atom stereocenters. The number of nitrogens with zero attached hydrogens (tertiary/aromatic N) is 6. The Bertz CT molecular complexity index is 1770. The summed E-state index contributed by atoms with van der Waals surface area (Å²) in [5.41, 5.74) is 6.88. The van der Waals surface area contributed by atoms with Crippen LogP contribution in [0.2, 0.25) is 0 Å². The van der Waals surface area contributed by atoms with Crippen molar-refractivity contribution in [3.05, 3.63) is 67.5 Å². The van der Waals surface area contributed by atoms with E-state index in [1.54, 1.807) is 37.2 Å². The quantitative estimate of drug-likeness (QED) is 0.319. The topological polar surface area (TPSA) is 138 Å². The molecule has 37 heavy (non-hydrogen) atoms. The van der Waals surface area contributed by atoms with Crippen molar-refractivity contribution >= 4 is 33.5 Å². The molecule has 0 aliphatic heterocycles. The minimum Gasteiger partial charge on any atom is -0.336 e. The smallest absolute Gasteiger partial charge is 0.227 e. The fourth-order valence-corrected chi connectivity index (χ4v) is 4.58. The van der Waals surface area contributed by atoms with E-state index in [0.717, 1.165) is 63.7 Å². The van der Waals surface area contributed by atoms with Crippen molar-refractivity contribution in [3.8, 4) is 34.0 Å². The van der Waals surface area contributed by atoms with Crippen molar-refractivity contribution in [2.75, 3.05) is 5.32 Å². The van der Waals surface area contributed by atoms with Gasteiger partial charge in [-0.2, -0.15) is 5.10 Å². The first-order chi connectivity index (χ1) is 18.2. The predicted octanol–water partition coefficient (Wildman–Crippen LogP) is 4.76. The number of fused-ring (bicyclic) bond motifs is 2. The SMILES string of the molecule is O=C(Nc1cncc(-c2cc3c(-c4nc5c(-c6cccnc6)nccc5[nH]4)n[nH]c3cn2)c1)C1CCC1. The van der Waals surface area contributed by atoms with Crippen LogP contribution in [0.3, 0.4) is 0 Å². The van der Waals surface area contributed by atoms with Crippen LogP contribution in [0.4, 0.5) is 5.69 Å². The van der Waals surface area contributed by atoms with Gasteiger partial charge in [-0.3, -0.25) is 29.8 Å². The number of anilines is 1. The molecule has 1 saturated carbocycles. The van der Waals surface area contributed by atoms with E-state index in [9.17, 15) is 4.79 Å². The van der Waals surface area contributed by atoms with Crippen molar-refractivity contribution in [2.24, 2.45) is 5.92 Å². The second-order valence-corrected chi connectivity index (χ2v) is 9.15. The number of hydrogen-bond acceptors (Lipinski definition) is 7. The Balaban J connectivity index is 1.26. The number of hydrogen-bond donors (Lipinski definition) is 3. The van der Waals surface area contributed by atoms with Crippen LogP contribution in [-0.4, -0.2) is 46.0 Å². The van der Waals surface area contributed by atoms with Gasteiger partial charge in [0.2, 0.25) is 5.91 Å². The average molecular weight is 488 g/mol. The van der Waals surface area contributed by atoms with Crippen LogP contribution >= 0.6 is 0 Å². The Morgan fingerprint density at radius 3 is 2.68 bits per heavy atom. The van der Waals surface area contributed by atoms with E-state index >= 15 is 0 Å². The van der Waals surface area contributed by atoms with Gasteiger partial charge in [0.25, 0.3) is 0 Å². The summed E-state index contributed by atoms with van der Waals surface area (Å²) in [6, 6.07) is 9.58. The first kappa shape index (κ1) is 21.3. The molecule has 1 fully saturated rings. The zero-order valence-electron chi connectivity index (χ0n) is 19.6. The molecule has 6 aromatic rings. The molecule has 6 heterocycles. The minimum atomic E-state index is 0.0516. The zero-order chi connectivity index (χ0) is 24.8. The number of carbonyl (C=O) groups is 1. The normalized spacial score (nSPS) is 13.6. The molecule has 180 valence electrons. The summed E-state index contributed by atoms with van der Waals surface area (Å²) in [7, 11) is 0. The van der Waals surface area contributed by atoms with Crippen LogP contribution in [0.5, 0.6) is 0 Å². The number of H-pyrrole nitrogens is 2. The molecule has 3 N–H and O–H groups in total. The molecule has 0 unspecified atom stereocenters. The summed E-state index contributed by atoms with van der Waals surface area (Å²) in [5, 5.41) is 11.4. The summed E-state index contributed by atoms with van der Waals surface area (Å²) in [6.45, 7) is 0. The number of aromatic nitrogens is 8. The van der Waals surface area contributed by atoms with Crippen LogP contribution in [0.15, 0.2) is 67.5 Å². The molecule has 0 aromatic carbocycles. The number of nitrogens with one attached hydrogen (secondary N) is 3.